The van der Waals surface area contributed by atoms with Gasteiger partial charge in [-0.1, -0.05) is 36.7 Å². The summed E-state index contributed by atoms with van der Waals surface area (Å²) >= 11 is 3.44. The molecule has 0 saturated carbocycles. The van der Waals surface area contributed by atoms with Crippen LogP contribution in [0, 0.1) is 0 Å². The Labute approximate surface area is 123 Å². The number of anilines is 1. The van der Waals surface area contributed by atoms with Crippen LogP contribution in [0.3, 0.4) is 0 Å². The maximum atomic E-state index is 4.58. The topological polar surface area (TPSA) is 29.9 Å². The van der Waals surface area contributed by atoms with Crippen molar-refractivity contribution < 1.29 is 0 Å². The van der Waals surface area contributed by atoms with Crippen molar-refractivity contribution in [2.45, 2.75) is 32.7 Å². The van der Waals surface area contributed by atoms with Gasteiger partial charge in [-0.15, -0.1) is 0 Å². The summed E-state index contributed by atoms with van der Waals surface area (Å²) in [5.41, 5.74) is 3.59. The molecule has 1 N–H and O–H groups in total. The van der Waals surface area contributed by atoms with E-state index in [-0.39, 0.29) is 5.41 Å². The number of benzene rings is 1. The summed E-state index contributed by atoms with van der Waals surface area (Å²) in [6.45, 7) is 7.37. The Kier molecular flexibility index (Phi) is 3.99. The highest BCUT2D eigenvalue weighted by Gasteiger charge is 2.21. The number of aromatic nitrogens is 2. The molecule has 0 unspecified atom stereocenters. The maximum absolute atomic E-state index is 4.58. The normalized spacial score (nSPS) is 11.6. The summed E-state index contributed by atoms with van der Waals surface area (Å²) < 4.78 is 2.98. The number of rotatable bonds is 3. The van der Waals surface area contributed by atoms with Gasteiger partial charge in [0.25, 0.3) is 0 Å². The summed E-state index contributed by atoms with van der Waals surface area (Å²) in [5, 5.41) is 8.02. The Morgan fingerprint density at radius 1 is 1.21 bits per heavy atom. The van der Waals surface area contributed by atoms with Gasteiger partial charge in [0, 0.05) is 40.9 Å². The molecule has 0 fully saturated rings. The molecule has 0 saturated heterocycles. The number of nitrogens with one attached hydrogen (secondary N) is 1. The van der Waals surface area contributed by atoms with Gasteiger partial charge in [0.05, 0.1) is 5.69 Å². The van der Waals surface area contributed by atoms with Crippen LogP contribution in [0.1, 0.15) is 32.0 Å². The molecule has 1 heterocycles. The Balaban J connectivity index is 2.13. The van der Waals surface area contributed by atoms with E-state index in [1.807, 2.05) is 23.9 Å². The highest BCUT2D eigenvalue weighted by atomic mass is 79.9. The van der Waals surface area contributed by atoms with Crippen LogP contribution in [-0.2, 0) is 19.0 Å². The van der Waals surface area contributed by atoms with Crippen LogP contribution in [-0.4, -0.2) is 9.78 Å². The lowest BCUT2D eigenvalue weighted by molar-refractivity contribution is 0.549. The molecule has 0 aliphatic rings. The second-order valence-electron chi connectivity index (χ2n) is 5.79. The molecule has 1 aromatic heterocycles. The van der Waals surface area contributed by atoms with Crippen molar-refractivity contribution in [3.05, 3.63) is 46.2 Å². The molecule has 0 radical (unpaired) electrons. The lowest BCUT2D eigenvalue weighted by atomic mass is 9.89. The summed E-state index contributed by atoms with van der Waals surface area (Å²) in [6.07, 6.45) is 2.09. The summed E-state index contributed by atoms with van der Waals surface area (Å²) in [7, 11) is 1.97. The van der Waals surface area contributed by atoms with Crippen LogP contribution in [0.25, 0.3) is 0 Å². The Hall–Kier alpha value is -1.29. The summed E-state index contributed by atoms with van der Waals surface area (Å²) in [5.74, 6) is 0. The van der Waals surface area contributed by atoms with Gasteiger partial charge in [0.1, 0.15) is 0 Å². The zero-order chi connectivity index (χ0) is 14.0. The lowest BCUT2D eigenvalue weighted by Crippen LogP contribution is -2.16. The minimum Gasteiger partial charge on any atom is -0.381 e. The molecule has 0 atom stereocenters. The largest absolute Gasteiger partial charge is 0.381 e. The second kappa shape index (κ2) is 5.37. The van der Waals surface area contributed by atoms with Gasteiger partial charge in [0.15, 0.2) is 0 Å². The Morgan fingerprint density at radius 3 is 2.42 bits per heavy atom. The minimum absolute atomic E-state index is 0.0674. The van der Waals surface area contributed by atoms with Crippen molar-refractivity contribution >= 4 is 21.6 Å². The third-order valence-electron chi connectivity index (χ3n) is 2.94. The third kappa shape index (κ3) is 3.60. The number of hydrogen-bond acceptors (Lipinski definition) is 2. The molecule has 1 aromatic carbocycles. The molecule has 3 nitrogen and oxygen atoms in total. The average Bonchev–Trinajstić information content (AvgIpc) is 2.70. The first-order chi connectivity index (χ1) is 8.86. The van der Waals surface area contributed by atoms with E-state index in [0.717, 1.165) is 22.4 Å². The number of aryl methyl sites for hydroxylation is 1. The molecule has 102 valence electrons. The van der Waals surface area contributed by atoms with Crippen molar-refractivity contribution in [3.8, 4) is 0 Å². The highest BCUT2D eigenvalue weighted by molar-refractivity contribution is 9.10. The van der Waals surface area contributed by atoms with E-state index in [1.165, 1.54) is 5.56 Å². The fourth-order valence-electron chi connectivity index (χ4n) is 2.06. The van der Waals surface area contributed by atoms with E-state index in [0.29, 0.717) is 0 Å². The molecule has 19 heavy (non-hydrogen) atoms. The van der Waals surface area contributed by atoms with Gasteiger partial charge >= 0.3 is 0 Å². The van der Waals surface area contributed by atoms with Crippen LogP contribution in [0.5, 0.6) is 0 Å². The van der Waals surface area contributed by atoms with Crippen molar-refractivity contribution in [3.63, 3.8) is 0 Å². The number of hydrogen-bond donors (Lipinski definition) is 1. The zero-order valence-corrected chi connectivity index (χ0v) is 13.5. The van der Waals surface area contributed by atoms with E-state index < -0.39 is 0 Å². The van der Waals surface area contributed by atoms with Gasteiger partial charge in [-0.2, -0.15) is 5.10 Å². The monoisotopic (exact) mass is 321 g/mol. The van der Waals surface area contributed by atoms with Gasteiger partial charge in [-0.3, -0.25) is 4.68 Å². The predicted octanol–water partition coefficient (Wildman–Crippen LogP) is 4.09. The molecule has 0 amide bonds. The smallest absolute Gasteiger partial charge is 0.0727 e. The predicted molar refractivity (Wildman–Crippen MR) is 83.4 cm³/mol. The van der Waals surface area contributed by atoms with Crippen LogP contribution in [0.15, 0.2) is 34.9 Å². The molecule has 0 bridgehead atoms. The maximum Gasteiger partial charge on any atom is 0.0727 e. The lowest BCUT2D eigenvalue weighted by Gasteiger charge is -2.17. The molecular weight excluding hydrogens is 302 g/mol. The van der Waals surface area contributed by atoms with Crippen LogP contribution in [0.4, 0.5) is 5.69 Å². The SMILES string of the molecule is Cn1cc(CNc2ccc(Br)cc2)c(C(C)(C)C)n1. The third-order valence-corrected chi connectivity index (χ3v) is 3.47. The second-order valence-corrected chi connectivity index (χ2v) is 6.70. The van der Waals surface area contributed by atoms with Crippen molar-refractivity contribution in [2.24, 2.45) is 7.05 Å². The molecule has 0 aliphatic heterocycles. The van der Waals surface area contributed by atoms with E-state index in [1.54, 1.807) is 0 Å². The quantitative estimate of drug-likeness (QED) is 0.922. The standard InChI is InChI=1S/C15H20BrN3/c1-15(2,3)14-11(10-19(4)18-14)9-17-13-7-5-12(16)6-8-13/h5-8,10,17H,9H2,1-4H3. The minimum atomic E-state index is 0.0674. The molecule has 0 aliphatic carbocycles. The van der Waals surface area contributed by atoms with Gasteiger partial charge in [0.2, 0.25) is 0 Å². The van der Waals surface area contributed by atoms with Gasteiger partial charge < -0.3 is 5.32 Å². The molecular formula is C15H20BrN3. The number of halogens is 1. The highest BCUT2D eigenvalue weighted by Crippen LogP contribution is 2.25. The van der Waals surface area contributed by atoms with Crippen LogP contribution < -0.4 is 5.32 Å². The van der Waals surface area contributed by atoms with E-state index in [4.69, 9.17) is 0 Å². The fourth-order valence-corrected chi connectivity index (χ4v) is 2.33. The first-order valence-corrected chi connectivity index (χ1v) is 7.18. The van der Waals surface area contributed by atoms with Crippen molar-refractivity contribution in [1.82, 2.24) is 9.78 Å². The molecule has 2 aromatic rings. The first-order valence-electron chi connectivity index (χ1n) is 6.39. The van der Waals surface area contributed by atoms with Gasteiger partial charge in [-0.05, 0) is 24.3 Å². The van der Waals surface area contributed by atoms with E-state index >= 15 is 0 Å². The van der Waals surface area contributed by atoms with E-state index in [9.17, 15) is 0 Å². The zero-order valence-electron chi connectivity index (χ0n) is 11.9. The summed E-state index contributed by atoms with van der Waals surface area (Å²) in [4.78, 5) is 0. The first kappa shape index (κ1) is 14.1. The Morgan fingerprint density at radius 2 is 1.84 bits per heavy atom. The van der Waals surface area contributed by atoms with E-state index in [2.05, 4.69) is 65.4 Å². The van der Waals surface area contributed by atoms with Crippen molar-refractivity contribution in [1.29, 1.82) is 0 Å². The number of nitrogens with zero attached hydrogens (tertiary/aromatic N) is 2. The molecule has 2 rings (SSSR count). The summed E-state index contributed by atoms with van der Waals surface area (Å²) in [6, 6.07) is 8.21. The van der Waals surface area contributed by atoms with Crippen molar-refractivity contribution in [2.75, 3.05) is 5.32 Å². The fraction of sp³-hybridized carbons (Fsp3) is 0.400. The van der Waals surface area contributed by atoms with Crippen LogP contribution >= 0.6 is 15.9 Å². The van der Waals surface area contributed by atoms with Gasteiger partial charge in [-0.25, -0.2) is 0 Å². The molecule has 4 heteroatoms. The average molecular weight is 322 g/mol. The molecule has 0 spiro atoms. The van der Waals surface area contributed by atoms with Crippen LogP contribution in [0.2, 0.25) is 0 Å². The Bertz CT molecular complexity index is 550.